The van der Waals surface area contributed by atoms with Gasteiger partial charge in [-0.15, -0.1) is 0 Å². The number of aliphatic hydroxyl groups excluding tert-OH is 2. The van der Waals surface area contributed by atoms with Crippen LogP contribution < -0.4 is 0 Å². The first-order valence-corrected chi connectivity index (χ1v) is 45.7. The molecule has 20 fully saturated rings. The van der Waals surface area contributed by atoms with Crippen LogP contribution in [0.2, 0.25) is 0 Å². The molecule has 15 atom stereocenters. The molecule has 0 spiro atoms. The molecule has 0 aromatic heterocycles. The molecule has 0 aromatic rings. The molecule has 20 saturated carbocycles. The first-order valence-electron chi connectivity index (χ1n) is 45.7. The normalized spacial score (nSPS) is 44.7. The molecule has 0 aromatic carbocycles. The molecule has 670 valence electrons. The standard InChI is InChI=1S/C16H28O5.C16H26O4.C16H26O3.C15H26O5.C15H24O4.C15H24O3/c1-4-13(2,3)12(18)21-16(11-17)9-14(19)6-5-7-15(20,8-14)10-16;1-4-13(2,3)12(17)20-16-7-11-5-14(18,9-16)8-15(19,6-11)10-16;1-4-14(2,3)13(17)19-16-8-11-5-12(9-16)7-15(18,6-11)10-16;1-3-11(2)12(17)20-15(10-16)8-13(18)5-4-6-14(19,7-13)9-15;1-3-10(2)12(16)19-15-6-11-4-13(17,8-15)7-14(18,5-11)9-15;1-3-10(2)13(16)18-15-7-11-4-12(8-15)6-14(17,5-11)9-15/h17,19-20H,4-11H2,1-3H3;11,18-19H,4-10H2,1-3H3;11-12,18H,4-10H2,1-3H3;11,16,18-19H,3-10H2,1-2H3;10-11,17-18H,3-9H2,1-2H3;10-12,17H,3-9H2,1-2H3. The van der Waals surface area contributed by atoms with Crippen LogP contribution in [0.4, 0.5) is 0 Å². The highest BCUT2D eigenvalue weighted by molar-refractivity contribution is 5.78. The maximum atomic E-state index is 12.4. The van der Waals surface area contributed by atoms with Crippen molar-refractivity contribution in [2.75, 3.05) is 13.2 Å². The first-order chi connectivity index (χ1) is 53.9. The lowest BCUT2D eigenvalue weighted by atomic mass is 9.50. The molecule has 24 heteroatoms. The highest BCUT2D eigenvalue weighted by atomic mass is 16.6. The minimum Gasteiger partial charge on any atom is -0.459 e. The Hall–Kier alpha value is -3.66. The lowest BCUT2D eigenvalue weighted by Crippen LogP contribution is -2.67. The van der Waals surface area contributed by atoms with Gasteiger partial charge in [0, 0.05) is 89.9 Å². The number of esters is 6. The van der Waals surface area contributed by atoms with Crippen molar-refractivity contribution in [3.8, 4) is 0 Å². The quantitative estimate of drug-likeness (QED) is 0.0398. The largest absolute Gasteiger partial charge is 0.459 e. The number of ether oxygens (including phenoxy) is 6. The number of aliphatic hydroxyl groups is 12. The summed E-state index contributed by atoms with van der Waals surface area (Å²) in [6, 6.07) is 0. The molecule has 20 rings (SSSR count). The fourth-order valence-corrected chi connectivity index (χ4v) is 26.7. The van der Waals surface area contributed by atoms with Gasteiger partial charge in [0.1, 0.15) is 33.6 Å². The van der Waals surface area contributed by atoms with Gasteiger partial charge in [-0.3, -0.25) is 28.8 Å². The van der Waals surface area contributed by atoms with Crippen LogP contribution in [0.25, 0.3) is 0 Å². The number of rotatable bonds is 20. The van der Waals surface area contributed by atoms with Crippen LogP contribution in [0.3, 0.4) is 0 Å². The van der Waals surface area contributed by atoms with Gasteiger partial charge < -0.3 is 89.7 Å². The topological polar surface area (TPSA) is 401 Å². The molecule has 0 aliphatic heterocycles. The van der Waals surface area contributed by atoms with E-state index in [4.69, 9.17) is 28.4 Å². The van der Waals surface area contributed by atoms with E-state index in [0.29, 0.717) is 126 Å². The van der Waals surface area contributed by atoms with Crippen LogP contribution in [-0.4, -0.2) is 200 Å². The van der Waals surface area contributed by atoms with E-state index in [9.17, 15) is 90.0 Å². The fraction of sp³-hybridized carbons (Fsp3) is 0.935. The lowest BCUT2D eigenvalue weighted by molar-refractivity contribution is -0.265. The second kappa shape index (κ2) is 33.0. The van der Waals surface area contributed by atoms with Crippen molar-refractivity contribution < 1.29 is 118 Å². The van der Waals surface area contributed by atoms with E-state index >= 15 is 0 Å². The maximum Gasteiger partial charge on any atom is 0.312 e. The average molecular weight is 1660 g/mol. The Balaban J connectivity index is 0.000000138. The van der Waals surface area contributed by atoms with Crippen molar-refractivity contribution in [1.29, 1.82) is 0 Å². The highest BCUT2D eigenvalue weighted by Gasteiger charge is 2.68. The summed E-state index contributed by atoms with van der Waals surface area (Å²) in [5.74, 6) is 1.16. The molecular weight excluding hydrogens is 1500 g/mol. The molecule has 0 radical (unpaired) electrons. The summed E-state index contributed by atoms with van der Waals surface area (Å²) in [5, 5.41) is 126. The smallest absolute Gasteiger partial charge is 0.312 e. The van der Waals surface area contributed by atoms with Crippen molar-refractivity contribution in [3.63, 3.8) is 0 Å². The summed E-state index contributed by atoms with van der Waals surface area (Å²) in [7, 11) is 0. The van der Waals surface area contributed by atoms with Crippen molar-refractivity contribution >= 4 is 35.8 Å². The van der Waals surface area contributed by atoms with Crippen molar-refractivity contribution in [2.24, 2.45) is 69.5 Å². The van der Waals surface area contributed by atoms with E-state index in [1.54, 1.807) is 20.8 Å². The Bertz CT molecular complexity index is 3480. The highest BCUT2D eigenvalue weighted by Crippen LogP contribution is 2.65. The van der Waals surface area contributed by atoms with Crippen LogP contribution in [0, 0.1) is 69.5 Å². The van der Waals surface area contributed by atoms with Gasteiger partial charge >= 0.3 is 35.8 Å². The maximum absolute atomic E-state index is 12.4. The molecule has 20 aliphatic carbocycles. The number of hydrogen-bond donors (Lipinski definition) is 12. The van der Waals surface area contributed by atoms with E-state index in [2.05, 4.69) is 0 Å². The second-order valence-electron chi connectivity index (χ2n) is 45.4. The Labute approximate surface area is 696 Å². The average Bonchev–Trinajstić information content (AvgIpc) is 0.722. The van der Waals surface area contributed by atoms with E-state index < -0.39 is 94.7 Å². The third-order valence-electron chi connectivity index (χ3n) is 32.2. The Kier molecular flexibility index (Phi) is 26.5. The molecule has 0 saturated heterocycles. The Morgan fingerprint density at radius 2 is 0.521 bits per heavy atom. The molecule has 15 unspecified atom stereocenters. The molecule has 12 N–H and O–H groups in total. The van der Waals surface area contributed by atoms with Crippen LogP contribution in [0.5, 0.6) is 0 Å². The number of hydrogen-bond acceptors (Lipinski definition) is 24. The van der Waals surface area contributed by atoms with E-state index in [-0.39, 0.29) is 116 Å². The summed E-state index contributed by atoms with van der Waals surface area (Å²) in [5.41, 5.74) is -14.5. The second-order valence-corrected chi connectivity index (χ2v) is 45.4. The summed E-state index contributed by atoms with van der Waals surface area (Å²) in [6.45, 7) is 27.9. The minimum absolute atomic E-state index is 0.0207. The van der Waals surface area contributed by atoms with Crippen molar-refractivity contribution in [3.05, 3.63) is 0 Å². The molecule has 0 amide bonds. The SMILES string of the molecule is CCC(C)(C)C(=O)OC1(CO)CC2(O)CCCC(O)(C2)C1.CCC(C)(C)C(=O)OC12CC3CC(CC(O)(C3)C1)C2.CCC(C)(C)C(=O)OC12CC3CC(O)(CC(O)(C3)C1)C2.CCC(C)C(=O)OC1(CO)CC2(O)CCCC(O)(C2)C1.CCC(C)C(=O)OC12CC3CC(CC(O)(C3)C1)C2.CCC(C)C(=O)OC12CC3CC(O)(CC(O)(C3)C1)C2. The summed E-state index contributed by atoms with van der Waals surface area (Å²) < 4.78 is 34.7. The first kappa shape index (κ1) is 94.0. The summed E-state index contributed by atoms with van der Waals surface area (Å²) in [6.07, 6.45) is 28.4. The van der Waals surface area contributed by atoms with Crippen LogP contribution in [0.1, 0.15) is 374 Å². The minimum atomic E-state index is -1.17. The van der Waals surface area contributed by atoms with Crippen LogP contribution in [-0.2, 0) is 57.2 Å². The Morgan fingerprint density at radius 3 is 0.803 bits per heavy atom. The van der Waals surface area contributed by atoms with Gasteiger partial charge in [-0.2, -0.15) is 0 Å². The molecular formula is C93H154O24. The van der Waals surface area contributed by atoms with Gasteiger partial charge in [-0.1, -0.05) is 62.3 Å². The number of carbonyl (C=O) groups excluding carboxylic acids is 6. The zero-order valence-electron chi connectivity index (χ0n) is 74.1. The summed E-state index contributed by atoms with van der Waals surface area (Å²) in [4.78, 5) is 73.3. The fourth-order valence-electron chi connectivity index (χ4n) is 26.7. The predicted octanol–water partition coefficient (Wildman–Crippen LogP) is 12.3. The predicted molar refractivity (Wildman–Crippen MR) is 434 cm³/mol. The summed E-state index contributed by atoms with van der Waals surface area (Å²) >= 11 is 0. The Morgan fingerprint density at radius 1 is 0.291 bits per heavy atom. The third kappa shape index (κ3) is 21.0. The number of fused-ring (bicyclic) bond motifs is 4. The monoisotopic (exact) mass is 1660 g/mol. The molecule has 20 aliphatic rings. The molecule has 20 bridgehead atoms. The van der Waals surface area contributed by atoms with Gasteiger partial charge in [0.2, 0.25) is 0 Å². The zero-order valence-corrected chi connectivity index (χ0v) is 74.1. The van der Waals surface area contributed by atoms with Gasteiger partial charge in [0.25, 0.3) is 0 Å². The van der Waals surface area contributed by atoms with E-state index in [0.717, 1.165) is 128 Å². The van der Waals surface area contributed by atoms with Crippen molar-refractivity contribution in [1.82, 2.24) is 0 Å². The third-order valence-corrected chi connectivity index (χ3v) is 32.2. The van der Waals surface area contributed by atoms with E-state index in [1.807, 2.05) is 83.1 Å². The van der Waals surface area contributed by atoms with E-state index in [1.165, 1.54) is 12.8 Å². The van der Waals surface area contributed by atoms with Gasteiger partial charge in [-0.05, 0) is 257 Å². The molecule has 0 heterocycles. The number of carbonyl (C=O) groups is 6. The van der Waals surface area contributed by atoms with Crippen molar-refractivity contribution in [2.45, 2.75) is 463 Å². The van der Waals surface area contributed by atoms with Crippen LogP contribution >= 0.6 is 0 Å². The van der Waals surface area contributed by atoms with Gasteiger partial charge in [0.05, 0.1) is 103 Å². The van der Waals surface area contributed by atoms with Gasteiger partial charge in [0.15, 0.2) is 0 Å². The molecule has 24 nitrogen and oxygen atoms in total. The lowest BCUT2D eigenvalue weighted by Gasteiger charge is -2.62. The molecule has 117 heavy (non-hydrogen) atoms. The van der Waals surface area contributed by atoms with Gasteiger partial charge in [-0.25, -0.2) is 0 Å². The van der Waals surface area contributed by atoms with Crippen LogP contribution in [0.15, 0.2) is 0 Å². The zero-order chi connectivity index (χ0) is 86.5.